The molecule has 0 unspecified atom stereocenters. The van der Waals surface area contributed by atoms with Crippen LogP contribution in [0.5, 0.6) is 5.75 Å². The van der Waals surface area contributed by atoms with Crippen molar-refractivity contribution in [1.82, 2.24) is 0 Å². The van der Waals surface area contributed by atoms with Crippen molar-refractivity contribution in [2.45, 2.75) is 20.5 Å². The van der Waals surface area contributed by atoms with Gasteiger partial charge in [-0.25, -0.2) is 0 Å². The second-order valence-electron chi connectivity index (χ2n) is 6.91. The number of carbonyl (C=O) groups is 1. The topological polar surface area (TPSA) is 62.1 Å². The number of ether oxygens (including phenoxy) is 1. The lowest BCUT2D eigenvalue weighted by Gasteiger charge is -2.10. The lowest BCUT2D eigenvalue weighted by molar-refractivity contribution is -0.112. The number of hydrogen-bond acceptors (Lipinski definition) is 3. The molecule has 3 aromatic carbocycles. The molecule has 4 nitrogen and oxygen atoms in total. The summed E-state index contributed by atoms with van der Waals surface area (Å²) in [6, 6.07) is 22.7. The smallest absolute Gasteiger partial charge is 0.266 e. The standard InChI is InChI=1S/C25H21ClN2O2/c1-17-8-9-18(2)23(12-17)28-25(29)21(15-27)13-20-10-11-24(22(26)14-20)30-16-19-6-4-3-5-7-19/h3-14H,16H2,1-2H3,(H,28,29)/b21-13+. The summed E-state index contributed by atoms with van der Waals surface area (Å²) in [5.74, 6) is 0.0720. The van der Waals surface area contributed by atoms with Gasteiger partial charge in [-0.15, -0.1) is 0 Å². The van der Waals surface area contributed by atoms with Gasteiger partial charge in [0.2, 0.25) is 0 Å². The van der Waals surface area contributed by atoms with Gasteiger partial charge in [0.15, 0.2) is 0 Å². The molecular formula is C25H21ClN2O2. The maximum Gasteiger partial charge on any atom is 0.266 e. The van der Waals surface area contributed by atoms with Gasteiger partial charge >= 0.3 is 0 Å². The predicted molar refractivity (Wildman–Crippen MR) is 120 cm³/mol. The molecule has 0 spiro atoms. The van der Waals surface area contributed by atoms with Crippen LogP contribution < -0.4 is 10.1 Å². The number of benzene rings is 3. The molecule has 0 bridgehead atoms. The minimum atomic E-state index is -0.466. The predicted octanol–water partition coefficient (Wildman–Crippen LogP) is 6.08. The fraction of sp³-hybridized carbons (Fsp3) is 0.120. The molecule has 0 aliphatic rings. The monoisotopic (exact) mass is 416 g/mol. The molecule has 0 aliphatic heterocycles. The van der Waals surface area contributed by atoms with Crippen LogP contribution in [0, 0.1) is 25.2 Å². The van der Waals surface area contributed by atoms with E-state index in [-0.39, 0.29) is 5.57 Å². The Kier molecular flexibility index (Phi) is 6.90. The van der Waals surface area contributed by atoms with Gasteiger partial charge in [0.05, 0.1) is 5.02 Å². The first-order valence-corrected chi connectivity index (χ1v) is 9.81. The van der Waals surface area contributed by atoms with Gasteiger partial charge in [0.25, 0.3) is 5.91 Å². The number of amides is 1. The Hall–Kier alpha value is -3.55. The van der Waals surface area contributed by atoms with Gasteiger partial charge in [0.1, 0.15) is 24.0 Å². The van der Waals surface area contributed by atoms with E-state index >= 15 is 0 Å². The first kappa shape index (κ1) is 21.2. The zero-order chi connectivity index (χ0) is 21.5. The molecule has 0 fully saturated rings. The molecule has 1 N–H and O–H groups in total. The average Bonchev–Trinajstić information content (AvgIpc) is 2.74. The van der Waals surface area contributed by atoms with E-state index in [1.54, 1.807) is 18.2 Å². The number of halogens is 1. The van der Waals surface area contributed by atoms with Crippen molar-refractivity contribution in [2.75, 3.05) is 5.32 Å². The largest absolute Gasteiger partial charge is 0.487 e. The molecule has 0 aromatic heterocycles. The van der Waals surface area contributed by atoms with Gasteiger partial charge in [-0.3, -0.25) is 4.79 Å². The van der Waals surface area contributed by atoms with Crippen molar-refractivity contribution in [1.29, 1.82) is 5.26 Å². The summed E-state index contributed by atoms with van der Waals surface area (Å²) in [6.07, 6.45) is 1.51. The van der Waals surface area contributed by atoms with Crippen LogP contribution in [0.4, 0.5) is 5.69 Å². The van der Waals surface area contributed by atoms with E-state index in [4.69, 9.17) is 16.3 Å². The molecule has 0 saturated carbocycles. The number of hydrogen-bond donors (Lipinski definition) is 1. The summed E-state index contributed by atoms with van der Waals surface area (Å²) in [4.78, 5) is 12.6. The first-order chi connectivity index (χ1) is 14.5. The van der Waals surface area contributed by atoms with Crippen molar-refractivity contribution in [3.63, 3.8) is 0 Å². The van der Waals surface area contributed by atoms with Crippen molar-refractivity contribution in [3.8, 4) is 11.8 Å². The first-order valence-electron chi connectivity index (χ1n) is 9.43. The molecule has 3 rings (SSSR count). The average molecular weight is 417 g/mol. The molecule has 0 saturated heterocycles. The quantitative estimate of drug-likeness (QED) is 0.391. The minimum absolute atomic E-state index is 0.00933. The number of carbonyl (C=O) groups excluding carboxylic acids is 1. The Labute approximate surface area is 181 Å². The van der Waals surface area contributed by atoms with Gasteiger partial charge < -0.3 is 10.1 Å². The van der Waals surface area contributed by atoms with Gasteiger partial charge in [-0.1, -0.05) is 60.1 Å². The summed E-state index contributed by atoms with van der Waals surface area (Å²) in [5, 5.41) is 12.7. The van der Waals surface area contributed by atoms with Crippen LogP contribution in [0.1, 0.15) is 22.3 Å². The van der Waals surface area contributed by atoms with Crippen LogP contribution in [0.2, 0.25) is 5.02 Å². The van der Waals surface area contributed by atoms with Crippen molar-refractivity contribution >= 4 is 29.3 Å². The molecule has 0 radical (unpaired) electrons. The Morgan fingerprint density at radius 1 is 1.10 bits per heavy atom. The number of nitriles is 1. The Balaban J connectivity index is 1.73. The minimum Gasteiger partial charge on any atom is -0.487 e. The molecule has 3 aromatic rings. The molecule has 30 heavy (non-hydrogen) atoms. The van der Waals surface area contributed by atoms with E-state index in [1.807, 2.05) is 68.4 Å². The van der Waals surface area contributed by atoms with Gasteiger partial charge in [-0.2, -0.15) is 5.26 Å². The van der Waals surface area contributed by atoms with Crippen LogP contribution >= 0.6 is 11.6 Å². The number of nitrogens with zero attached hydrogens (tertiary/aromatic N) is 1. The van der Waals surface area contributed by atoms with Crippen molar-refractivity contribution in [2.24, 2.45) is 0 Å². The third-order valence-corrected chi connectivity index (χ3v) is 4.81. The van der Waals surface area contributed by atoms with E-state index < -0.39 is 5.91 Å². The lowest BCUT2D eigenvalue weighted by atomic mass is 10.1. The third kappa shape index (κ3) is 5.50. The molecule has 0 heterocycles. The second kappa shape index (κ2) is 9.78. The Morgan fingerprint density at radius 3 is 2.57 bits per heavy atom. The summed E-state index contributed by atoms with van der Waals surface area (Å²) in [7, 11) is 0. The number of anilines is 1. The van der Waals surface area contributed by atoms with Crippen LogP contribution in [-0.2, 0) is 11.4 Å². The fourth-order valence-corrected chi connectivity index (χ4v) is 3.08. The van der Waals surface area contributed by atoms with Crippen LogP contribution in [0.25, 0.3) is 6.08 Å². The SMILES string of the molecule is Cc1ccc(C)c(NC(=O)/C(C#N)=C/c2ccc(OCc3ccccc3)c(Cl)c2)c1. The maximum absolute atomic E-state index is 12.6. The maximum atomic E-state index is 12.6. The van der Waals surface area contributed by atoms with E-state index in [0.717, 1.165) is 16.7 Å². The van der Waals surface area contributed by atoms with Gasteiger partial charge in [-0.05, 0) is 60.4 Å². The number of rotatable bonds is 6. The highest BCUT2D eigenvalue weighted by atomic mass is 35.5. The van der Waals surface area contributed by atoms with Crippen LogP contribution in [0.15, 0.2) is 72.3 Å². The van der Waals surface area contributed by atoms with Crippen molar-refractivity contribution in [3.05, 3.63) is 99.6 Å². The van der Waals surface area contributed by atoms with E-state index in [1.165, 1.54) is 6.08 Å². The normalized spacial score (nSPS) is 10.9. The third-order valence-electron chi connectivity index (χ3n) is 4.51. The Morgan fingerprint density at radius 2 is 1.87 bits per heavy atom. The highest BCUT2D eigenvalue weighted by molar-refractivity contribution is 6.32. The zero-order valence-electron chi connectivity index (χ0n) is 16.8. The van der Waals surface area contributed by atoms with Crippen LogP contribution in [0.3, 0.4) is 0 Å². The van der Waals surface area contributed by atoms with Crippen molar-refractivity contribution < 1.29 is 9.53 Å². The van der Waals surface area contributed by atoms with E-state index in [2.05, 4.69) is 5.32 Å². The van der Waals surface area contributed by atoms with Gasteiger partial charge in [0, 0.05) is 5.69 Å². The second-order valence-corrected chi connectivity index (χ2v) is 7.31. The summed E-state index contributed by atoms with van der Waals surface area (Å²) >= 11 is 6.33. The summed E-state index contributed by atoms with van der Waals surface area (Å²) < 4.78 is 5.76. The zero-order valence-corrected chi connectivity index (χ0v) is 17.5. The van der Waals surface area contributed by atoms with E-state index in [9.17, 15) is 10.1 Å². The summed E-state index contributed by atoms with van der Waals surface area (Å²) in [5.41, 5.74) is 4.30. The summed E-state index contributed by atoms with van der Waals surface area (Å²) in [6.45, 7) is 4.25. The highest BCUT2D eigenvalue weighted by Crippen LogP contribution is 2.27. The molecule has 0 atom stereocenters. The molecule has 5 heteroatoms. The molecule has 0 aliphatic carbocycles. The fourth-order valence-electron chi connectivity index (χ4n) is 2.83. The highest BCUT2D eigenvalue weighted by Gasteiger charge is 2.12. The Bertz CT molecular complexity index is 1130. The number of nitrogens with one attached hydrogen (secondary N) is 1. The molecule has 150 valence electrons. The lowest BCUT2D eigenvalue weighted by Crippen LogP contribution is -2.14. The molecule has 1 amide bonds. The van der Waals surface area contributed by atoms with E-state index in [0.29, 0.717) is 28.6 Å². The molecular weight excluding hydrogens is 396 g/mol. The number of aryl methyl sites for hydroxylation is 2. The van der Waals surface area contributed by atoms with Crippen LogP contribution in [-0.4, -0.2) is 5.91 Å².